The Kier molecular flexibility index (Phi) is 2.52. The molecule has 0 unspecified atom stereocenters. The summed E-state index contributed by atoms with van der Waals surface area (Å²) in [5.41, 5.74) is 4.48. The Hall–Kier alpha value is -2.29. The number of anilines is 1. The van der Waals surface area contributed by atoms with Gasteiger partial charge in [0, 0.05) is 19.7 Å². The number of benzene rings is 2. The van der Waals surface area contributed by atoms with Crippen LogP contribution in [0.2, 0.25) is 0 Å². The molecule has 0 saturated carbocycles. The highest BCUT2D eigenvalue weighted by molar-refractivity contribution is 5.93. The van der Waals surface area contributed by atoms with Crippen LogP contribution in [0.25, 0.3) is 22.2 Å². The molecular weight excluding hydrogens is 222 g/mol. The number of nitrogens with zero attached hydrogens (tertiary/aromatic N) is 2. The molecule has 0 spiro atoms. The molecule has 90 valence electrons. The molecule has 2 aromatic carbocycles. The number of para-hydroxylation sites is 1. The Labute approximate surface area is 106 Å². The molecule has 0 amide bonds. The first kappa shape index (κ1) is 10.8. The van der Waals surface area contributed by atoms with Gasteiger partial charge in [-0.25, -0.2) is 4.98 Å². The topological polar surface area (TPSA) is 31.9 Å². The second-order valence-corrected chi connectivity index (χ2v) is 4.52. The van der Waals surface area contributed by atoms with E-state index in [-0.39, 0.29) is 0 Å². The third-order valence-corrected chi connectivity index (χ3v) is 3.01. The maximum atomic E-state index is 4.57. The van der Waals surface area contributed by atoms with Gasteiger partial charge in [0.25, 0.3) is 0 Å². The second kappa shape index (κ2) is 4.18. The lowest BCUT2D eigenvalue weighted by Gasteiger charge is -2.06. The lowest BCUT2D eigenvalue weighted by Crippen LogP contribution is -2.09. The zero-order valence-corrected chi connectivity index (χ0v) is 10.5. The van der Waals surface area contributed by atoms with E-state index in [4.69, 9.17) is 0 Å². The van der Waals surface area contributed by atoms with E-state index in [0.717, 1.165) is 17.0 Å². The van der Waals surface area contributed by atoms with E-state index in [1.54, 1.807) is 0 Å². The summed E-state index contributed by atoms with van der Waals surface area (Å²) >= 11 is 0. The zero-order valence-electron chi connectivity index (χ0n) is 10.5. The monoisotopic (exact) mass is 237 g/mol. The number of hydrogen-bond donors (Lipinski definition) is 1. The quantitative estimate of drug-likeness (QED) is 0.741. The van der Waals surface area contributed by atoms with Crippen molar-refractivity contribution in [2.45, 2.75) is 0 Å². The summed E-state index contributed by atoms with van der Waals surface area (Å²) < 4.78 is 0. The summed E-state index contributed by atoms with van der Waals surface area (Å²) in [5, 5.41) is 0. The molecule has 0 aliphatic heterocycles. The van der Waals surface area contributed by atoms with Crippen LogP contribution in [0.5, 0.6) is 0 Å². The maximum absolute atomic E-state index is 4.57. The lowest BCUT2D eigenvalue weighted by atomic mass is 10.0. The molecule has 3 rings (SSSR count). The van der Waals surface area contributed by atoms with E-state index in [2.05, 4.69) is 40.3 Å². The van der Waals surface area contributed by atoms with E-state index in [9.17, 15) is 0 Å². The molecule has 3 aromatic rings. The molecule has 0 bridgehead atoms. The standard InChI is InChI=1S/C15H15N3/c1-18(2)15-16-13-10-6-9-12(14(13)17-15)11-7-4-3-5-8-11/h3-10H,1-2H3,(H,16,17). The van der Waals surface area contributed by atoms with Gasteiger partial charge in [-0.2, -0.15) is 0 Å². The van der Waals surface area contributed by atoms with Crippen LogP contribution in [0.15, 0.2) is 48.5 Å². The minimum atomic E-state index is 0.883. The summed E-state index contributed by atoms with van der Waals surface area (Å²) in [7, 11) is 3.97. The molecule has 3 nitrogen and oxygen atoms in total. The first-order valence-corrected chi connectivity index (χ1v) is 5.97. The van der Waals surface area contributed by atoms with Crippen molar-refractivity contribution in [1.29, 1.82) is 0 Å². The van der Waals surface area contributed by atoms with Crippen LogP contribution in [-0.4, -0.2) is 24.1 Å². The van der Waals surface area contributed by atoms with Crippen LogP contribution in [0.1, 0.15) is 0 Å². The number of fused-ring (bicyclic) bond motifs is 1. The van der Waals surface area contributed by atoms with Crippen LogP contribution in [-0.2, 0) is 0 Å². The van der Waals surface area contributed by atoms with Crippen molar-refractivity contribution >= 4 is 17.0 Å². The van der Waals surface area contributed by atoms with Gasteiger partial charge in [0.2, 0.25) is 5.95 Å². The van der Waals surface area contributed by atoms with Crippen molar-refractivity contribution < 1.29 is 0 Å². The van der Waals surface area contributed by atoms with Gasteiger partial charge in [-0.1, -0.05) is 42.5 Å². The predicted octanol–water partition coefficient (Wildman–Crippen LogP) is 3.30. The molecular formula is C15H15N3. The molecule has 0 atom stereocenters. The van der Waals surface area contributed by atoms with Crippen molar-refractivity contribution in [1.82, 2.24) is 9.97 Å². The minimum Gasteiger partial charge on any atom is -0.349 e. The fraction of sp³-hybridized carbons (Fsp3) is 0.133. The number of aromatic nitrogens is 2. The number of rotatable bonds is 2. The van der Waals surface area contributed by atoms with Crippen LogP contribution in [0, 0.1) is 0 Å². The summed E-state index contributed by atoms with van der Waals surface area (Å²) in [6.45, 7) is 0. The highest BCUT2D eigenvalue weighted by Crippen LogP contribution is 2.28. The Morgan fingerprint density at radius 2 is 1.72 bits per heavy atom. The fourth-order valence-electron chi connectivity index (χ4n) is 2.09. The molecule has 0 fully saturated rings. The van der Waals surface area contributed by atoms with Crippen molar-refractivity contribution in [3.8, 4) is 11.1 Å². The van der Waals surface area contributed by atoms with E-state index in [0.29, 0.717) is 0 Å². The Balaban J connectivity index is 2.24. The summed E-state index contributed by atoms with van der Waals surface area (Å²) in [5.74, 6) is 0.883. The number of imidazole rings is 1. The normalized spacial score (nSPS) is 10.8. The average molecular weight is 237 g/mol. The Morgan fingerprint density at radius 1 is 0.944 bits per heavy atom. The van der Waals surface area contributed by atoms with Gasteiger partial charge < -0.3 is 9.88 Å². The van der Waals surface area contributed by atoms with Gasteiger partial charge >= 0.3 is 0 Å². The largest absolute Gasteiger partial charge is 0.349 e. The minimum absolute atomic E-state index is 0.883. The molecule has 3 heteroatoms. The van der Waals surface area contributed by atoms with E-state index in [1.807, 2.05) is 37.2 Å². The number of hydrogen-bond acceptors (Lipinski definition) is 2. The Bertz CT molecular complexity index is 669. The lowest BCUT2D eigenvalue weighted by molar-refractivity contribution is 1.05. The van der Waals surface area contributed by atoms with Gasteiger partial charge in [0.15, 0.2) is 0 Å². The van der Waals surface area contributed by atoms with Gasteiger partial charge in [-0.05, 0) is 11.6 Å². The van der Waals surface area contributed by atoms with Crippen LogP contribution in [0.3, 0.4) is 0 Å². The smallest absolute Gasteiger partial charge is 0.203 e. The summed E-state index contributed by atoms with van der Waals surface area (Å²) in [6.07, 6.45) is 0. The second-order valence-electron chi connectivity index (χ2n) is 4.52. The third kappa shape index (κ3) is 1.74. The maximum Gasteiger partial charge on any atom is 0.203 e. The fourth-order valence-corrected chi connectivity index (χ4v) is 2.09. The van der Waals surface area contributed by atoms with Crippen LogP contribution in [0.4, 0.5) is 5.95 Å². The van der Waals surface area contributed by atoms with E-state index < -0.39 is 0 Å². The number of nitrogens with one attached hydrogen (secondary N) is 1. The van der Waals surface area contributed by atoms with E-state index >= 15 is 0 Å². The van der Waals surface area contributed by atoms with Crippen molar-refractivity contribution in [3.63, 3.8) is 0 Å². The van der Waals surface area contributed by atoms with E-state index in [1.165, 1.54) is 11.1 Å². The molecule has 0 saturated heterocycles. The van der Waals surface area contributed by atoms with Crippen LogP contribution >= 0.6 is 0 Å². The molecule has 0 aliphatic carbocycles. The molecule has 1 N–H and O–H groups in total. The Morgan fingerprint density at radius 3 is 2.44 bits per heavy atom. The van der Waals surface area contributed by atoms with Gasteiger partial charge in [-0.3, -0.25) is 0 Å². The predicted molar refractivity (Wildman–Crippen MR) is 75.9 cm³/mol. The summed E-state index contributed by atoms with van der Waals surface area (Å²) in [4.78, 5) is 9.93. The molecule has 1 aromatic heterocycles. The molecule has 1 heterocycles. The van der Waals surface area contributed by atoms with Crippen molar-refractivity contribution in [2.75, 3.05) is 19.0 Å². The first-order chi connectivity index (χ1) is 8.75. The molecule has 18 heavy (non-hydrogen) atoms. The third-order valence-electron chi connectivity index (χ3n) is 3.01. The van der Waals surface area contributed by atoms with Crippen LogP contribution < -0.4 is 4.90 Å². The summed E-state index contributed by atoms with van der Waals surface area (Å²) in [6, 6.07) is 16.6. The molecule has 0 aliphatic rings. The number of aromatic amines is 1. The first-order valence-electron chi connectivity index (χ1n) is 5.97. The van der Waals surface area contributed by atoms with Gasteiger partial charge in [0.1, 0.15) is 0 Å². The van der Waals surface area contributed by atoms with Crippen molar-refractivity contribution in [3.05, 3.63) is 48.5 Å². The zero-order chi connectivity index (χ0) is 12.5. The highest BCUT2D eigenvalue weighted by Gasteiger charge is 2.09. The SMILES string of the molecule is CN(C)c1nc2cccc(-c3ccccc3)c2[nH]1. The number of H-pyrrole nitrogens is 1. The molecule has 0 radical (unpaired) electrons. The highest BCUT2D eigenvalue weighted by atomic mass is 15.2. The van der Waals surface area contributed by atoms with Crippen molar-refractivity contribution in [2.24, 2.45) is 0 Å². The average Bonchev–Trinajstić information content (AvgIpc) is 2.83. The van der Waals surface area contributed by atoms with Gasteiger partial charge in [-0.15, -0.1) is 0 Å². The van der Waals surface area contributed by atoms with Gasteiger partial charge in [0.05, 0.1) is 11.0 Å².